The maximum absolute atomic E-state index is 12.6. The van der Waals surface area contributed by atoms with E-state index in [1.165, 1.54) is 7.11 Å². The van der Waals surface area contributed by atoms with Gasteiger partial charge in [0.25, 0.3) is 5.91 Å². The number of H-pyrrole nitrogens is 1. The van der Waals surface area contributed by atoms with Gasteiger partial charge in [0.15, 0.2) is 0 Å². The Bertz CT molecular complexity index is 1280. The highest BCUT2D eigenvalue weighted by Gasteiger charge is 2.19. The number of hydrogen-bond donors (Lipinski definition) is 3. The minimum Gasteiger partial charge on any atom is -0.497 e. The van der Waals surface area contributed by atoms with Crippen molar-refractivity contribution in [1.29, 1.82) is 0 Å². The molecule has 3 N–H and O–H groups in total. The number of carbonyl (C=O) groups is 2. The number of aromatic amines is 1. The van der Waals surface area contributed by atoms with Crippen LogP contribution < -0.4 is 20.1 Å². The molecule has 0 aliphatic rings. The van der Waals surface area contributed by atoms with Crippen molar-refractivity contribution in [2.75, 3.05) is 27.3 Å². The van der Waals surface area contributed by atoms with E-state index in [1.54, 1.807) is 31.4 Å². The van der Waals surface area contributed by atoms with E-state index in [1.807, 2.05) is 48.7 Å². The van der Waals surface area contributed by atoms with Crippen LogP contribution in [-0.2, 0) is 4.79 Å². The molecular weight excluding hydrogens is 430 g/mol. The van der Waals surface area contributed by atoms with E-state index in [0.29, 0.717) is 17.9 Å². The van der Waals surface area contributed by atoms with Gasteiger partial charge in [0.05, 0.1) is 20.8 Å². The number of rotatable bonds is 9. The first-order chi connectivity index (χ1) is 16.6. The molecule has 1 aromatic heterocycles. The number of carbonyl (C=O) groups excluding carboxylic acids is 2. The van der Waals surface area contributed by atoms with E-state index in [9.17, 15) is 9.59 Å². The third-order valence-corrected chi connectivity index (χ3v) is 5.76. The zero-order chi connectivity index (χ0) is 23.9. The van der Waals surface area contributed by atoms with Gasteiger partial charge in [0.2, 0.25) is 5.91 Å². The van der Waals surface area contributed by atoms with Crippen molar-refractivity contribution in [3.63, 3.8) is 0 Å². The minimum absolute atomic E-state index is 0.0832. The van der Waals surface area contributed by atoms with Gasteiger partial charge in [0, 0.05) is 35.1 Å². The first kappa shape index (κ1) is 22.9. The number of ether oxygens (including phenoxy) is 2. The molecule has 4 aromatic rings. The highest BCUT2D eigenvalue weighted by Crippen LogP contribution is 2.31. The molecule has 0 spiro atoms. The quantitative estimate of drug-likeness (QED) is 0.356. The summed E-state index contributed by atoms with van der Waals surface area (Å²) in [6.45, 7) is 0.251. The molecule has 1 unspecified atom stereocenters. The van der Waals surface area contributed by atoms with Crippen molar-refractivity contribution in [2.45, 2.75) is 5.92 Å². The van der Waals surface area contributed by atoms with Crippen molar-refractivity contribution >= 4 is 22.7 Å². The van der Waals surface area contributed by atoms with Crippen molar-refractivity contribution in [2.24, 2.45) is 0 Å². The van der Waals surface area contributed by atoms with E-state index in [-0.39, 0.29) is 24.3 Å². The van der Waals surface area contributed by atoms with Crippen molar-refractivity contribution in [3.05, 3.63) is 95.7 Å². The lowest BCUT2D eigenvalue weighted by atomic mass is 9.91. The molecule has 0 saturated heterocycles. The summed E-state index contributed by atoms with van der Waals surface area (Å²) in [5.74, 6) is 0.663. The summed E-state index contributed by atoms with van der Waals surface area (Å²) >= 11 is 0. The number of hydrogen-bond acceptors (Lipinski definition) is 4. The van der Waals surface area contributed by atoms with Crippen LogP contribution in [0.4, 0.5) is 0 Å². The first-order valence-electron chi connectivity index (χ1n) is 11.0. The Morgan fingerprint density at radius 1 is 0.882 bits per heavy atom. The smallest absolute Gasteiger partial charge is 0.251 e. The summed E-state index contributed by atoms with van der Waals surface area (Å²) in [4.78, 5) is 28.3. The minimum atomic E-state index is -0.336. The number of methoxy groups -OCH3 is 2. The molecule has 7 heteroatoms. The number of aromatic nitrogens is 1. The molecule has 0 radical (unpaired) electrons. The summed E-state index contributed by atoms with van der Waals surface area (Å²) in [6.07, 6.45) is 1.98. The first-order valence-corrected chi connectivity index (χ1v) is 11.0. The molecule has 1 atom stereocenters. The number of benzene rings is 3. The second kappa shape index (κ2) is 10.6. The lowest BCUT2D eigenvalue weighted by Gasteiger charge is -2.19. The maximum Gasteiger partial charge on any atom is 0.251 e. The van der Waals surface area contributed by atoms with E-state index < -0.39 is 0 Å². The molecule has 174 valence electrons. The summed E-state index contributed by atoms with van der Waals surface area (Å²) in [5, 5.41) is 6.73. The van der Waals surface area contributed by atoms with Crippen molar-refractivity contribution < 1.29 is 19.1 Å². The predicted octanol–water partition coefficient (Wildman–Crippen LogP) is 3.86. The summed E-state index contributed by atoms with van der Waals surface area (Å²) in [5.41, 5.74) is 3.60. The normalized spacial score (nSPS) is 11.6. The highest BCUT2D eigenvalue weighted by molar-refractivity contribution is 5.96. The van der Waals surface area contributed by atoms with Gasteiger partial charge in [-0.2, -0.15) is 0 Å². The Balaban J connectivity index is 1.46. The van der Waals surface area contributed by atoms with Crippen molar-refractivity contribution in [1.82, 2.24) is 15.6 Å². The van der Waals surface area contributed by atoms with E-state index in [4.69, 9.17) is 9.47 Å². The van der Waals surface area contributed by atoms with E-state index >= 15 is 0 Å². The fourth-order valence-corrected chi connectivity index (χ4v) is 3.93. The van der Waals surface area contributed by atoms with Gasteiger partial charge in [-0.1, -0.05) is 36.4 Å². The van der Waals surface area contributed by atoms with Gasteiger partial charge in [0.1, 0.15) is 11.5 Å². The van der Waals surface area contributed by atoms with Crippen LogP contribution in [0.5, 0.6) is 11.5 Å². The standard InChI is InChI=1S/C27H27N3O4/c1-33-20-12-10-18(11-13-20)23(24-16-28-25-9-4-3-8-22(24)25)15-29-26(31)17-30-27(32)19-6-5-7-21(14-19)34-2/h3-14,16,23,28H,15,17H2,1-2H3,(H,29,31)(H,30,32). The second-order valence-electron chi connectivity index (χ2n) is 7.83. The molecule has 0 aliphatic heterocycles. The van der Waals surface area contributed by atoms with Crippen LogP contribution >= 0.6 is 0 Å². The second-order valence-corrected chi connectivity index (χ2v) is 7.83. The van der Waals surface area contributed by atoms with Gasteiger partial charge in [-0.25, -0.2) is 0 Å². The van der Waals surface area contributed by atoms with Gasteiger partial charge in [-0.3, -0.25) is 9.59 Å². The zero-order valence-corrected chi connectivity index (χ0v) is 19.1. The van der Waals surface area contributed by atoms with Crippen LogP contribution in [0.25, 0.3) is 10.9 Å². The molecule has 34 heavy (non-hydrogen) atoms. The molecule has 2 amide bonds. The van der Waals surface area contributed by atoms with Gasteiger partial charge >= 0.3 is 0 Å². The average molecular weight is 458 g/mol. The monoisotopic (exact) mass is 457 g/mol. The van der Waals surface area contributed by atoms with Crippen LogP contribution in [0.1, 0.15) is 27.4 Å². The molecule has 3 aromatic carbocycles. The van der Waals surface area contributed by atoms with Gasteiger partial charge in [-0.15, -0.1) is 0 Å². The van der Waals surface area contributed by atoms with Gasteiger partial charge < -0.3 is 25.1 Å². The number of fused-ring (bicyclic) bond motifs is 1. The predicted molar refractivity (Wildman–Crippen MR) is 131 cm³/mol. The number of amides is 2. The third kappa shape index (κ3) is 5.20. The molecule has 0 bridgehead atoms. The Hall–Kier alpha value is -4.26. The fourth-order valence-electron chi connectivity index (χ4n) is 3.93. The van der Waals surface area contributed by atoms with Crippen LogP contribution in [-0.4, -0.2) is 44.1 Å². The molecule has 0 saturated carbocycles. The third-order valence-electron chi connectivity index (χ3n) is 5.76. The van der Waals surface area contributed by atoms with Crippen LogP contribution in [0, 0.1) is 0 Å². The molecule has 0 fully saturated rings. The lowest BCUT2D eigenvalue weighted by Crippen LogP contribution is -2.38. The maximum atomic E-state index is 12.6. The SMILES string of the molecule is COc1ccc(C(CNC(=O)CNC(=O)c2cccc(OC)c2)c2c[nH]c3ccccc23)cc1. The fraction of sp³-hybridized carbons (Fsp3) is 0.185. The Kier molecular flexibility index (Phi) is 7.13. The molecule has 0 aliphatic carbocycles. The highest BCUT2D eigenvalue weighted by atomic mass is 16.5. The number of nitrogens with one attached hydrogen (secondary N) is 3. The Morgan fingerprint density at radius 2 is 1.65 bits per heavy atom. The summed E-state index contributed by atoms with van der Waals surface area (Å²) in [7, 11) is 3.17. The molecule has 4 rings (SSSR count). The summed E-state index contributed by atoms with van der Waals surface area (Å²) < 4.78 is 10.4. The number of para-hydroxylation sites is 1. The molecular formula is C27H27N3O4. The van der Waals surface area contributed by atoms with E-state index in [2.05, 4.69) is 21.7 Å². The molecule has 7 nitrogen and oxygen atoms in total. The van der Waals surface area contributed by atoms with E-state index in [0.717, 1.165) is 27.8 Å². The van der Waals surface area contributed by atoms with Crippen LogP contribution in [0.2, 0.25) is 0 Å². The van der Waals surface area contributed by atoms with Crippen LogP contribution in [0.15, 0.2) is 79.0 Å². The largest absolute Gasteiger partial charge is 0.497 e. The van der Waals surface area contributed by atoms with Crippen LogP contribution in [0.3, 0.4) is 0 Å². The molecule has 1 heterocycles. The zero-order valence-electron chi connectivity index (χ0n) is 19.1. The Morgan fingerprint density at radius 3 is 2.41 bits per heavy atom. The summed E-state index contributed by atoms with van der Waals surface area (Å²) in [6, 6.07) is 22.7. The Labute approximate surface area is 198 Å². The topological polar surface area (TPSA) is 92.5 Å². The van der Waals surface area contributed by atoms with Gasteiger partial charge in [-0.05, 0) is 47.5 Å². The van der Waals surface area contributed by atoms with Crippen molar-refractivity contribution in [3.8, 4) is 11.5 Å². The average Bonchev–Trinajstić information content (AvgIpc) is 3.31. The lowest BCUT2D eigenvalue weighted by molar-refractivity contribution is -0.120.